The van der Waals surface area contributed by atoms with E-state index in [4.69, 9.17) is 0 Å². The Morgan fingerprint density at radius 1 is 1.06 bits per heavy atom. The van der Waals surface area contributed by atoms with Crippen LogP contribution in [0.4, 0.5) is 5.82 Å². The number of rotatable bonds is 5. The molecule has 0 bridgehead atoms. The molecule has 1 saturated heterocycles. The number of amides is 1. The second-order valence-corrected chi connectivity index (χ2v) is 8.24. The van der Waals surface area contributed by atoms with Gasteiger partial charge in [-0.25, -0.2) is 9.97 Å². The van der Waals surface area contributed by atoms with E-state index < -0.39 is 0 Å². The zero-order chi connectivity index (χ0) is 21.9. The van der Waals surface area contributed by atoms with Gasteiger partial charge < -0.3 is 14.8 Å². The number of piperazine rings is 1. The van der Waals surface area contributed by atoms with Crippen LogP contribution in [0.2, 0.25) is 0 Å². The molecule has 1 aliphatic heterocycles. The van der Waals surface area contributed by atoms with E-state index in [1.807, 2.05) is 23.2 Å². The molecule has 4 aromatic rings. The first kappa shape index (κ1) is 20.2. The van der Waals surface area contributed by atoms with Crippen LogP contribution >= 0.6 is 0 Å². The largest absolute Gasteiger partial charge is 0.352 e. The lowest BCUT2D eigenvalue weighted by atomic mass is 10.1. The molecule has 0 aliphatic carbocycles. The molecule has 1 N–H and O–H groups in total. The lowest BCUT2D eigenvalue weighted by molar-refractivity contribution is -0.131. The van der Waals surface area contributed by atoms with E-state index in [0.29, 0.717) is 19.5 Å². The Morgan fingerprint density at radius 2 is 1.88 bits per heavy atom. The number of aromatic nitrogens is 4. The molecule has 0 spiro atoms. The van der Waals surface area contributed by atoms with E-state index in [0.717, 1.165) is 47.6 Å². The highest BCUT2D eigenvalue weighted by molar-refractivity contribution is 5.92. The van der Waals surface area contributed by atoms with Crippen LogP contribution in [0.3, 0.4) is 0 Å². The van der Waals surface area contributed by atoms with Crippen molar-refractivity contribution in [3.63, 3.8) is 0 Å². The molecule has 0 atom stereocenters. The van der Waals surface area contributed by atoms with Crippen molar-refractivity contribution in [3.8, 4) is 11.3 Å². The van der Waals surface area contributed by atoms with Gasteiger partial charge in [-0.15, -0.1) is 0 Å². The molecule has 32 heavy (non-hydrogen) atoms. The third-order valence-corrected chi connectivity index (χ3v) is 6.06. The zero-order valence-corrected chi connectivity index (χ0v) is 18.2. The number of carbonyl (C=O) groups excluding carboxylic acids is 1. The highest BCUT2D eigenvalue weighted by Crippen LogP contribution is 2.29. The van der Waals surface area contributed by atoms with Gasteiger partial charge in [0.15, 0.2) is 0 Å². The SMILES string of the molecule is Cc1ccc(CCC(=O)N2CCN(c3ncnc4[nH]c(-c5cccnc5)cc34)CC2)cc1. The first-order chi connectivity index (χ1) is 15.7. The molecule has 0 saturated carbocycles. The Labute approximate surface area is 187 Å². The number of benzene rings is 1. The number of anilines is 1. The minimum absolute atomic E-state index is 0.221. The number of aryl methyl sites for hydroxylation is 2. The standard InChI is InChI=1S/C25H26N6O/c1-18-4-6-19(7-5-18)8-9-23(32)30-11-13-31(14-12-30)25-21-15-22(20-3-2-10-26-16-20)29-24(21)27-17-28-25/h2-7,10,15-17H,8-9,11-14H2,1H3,(H,27,28,29). The van der Waals surface area contributed by atoms with E-state index in [-0.39, 0.29) is 5.91 Å². The molecule has 1 aliphatic rings. The van der Waals surface area contributed by atoms with Crippen LogP contribution in [-0.4, -0.2) is 56.9 Å². The van der Waals surface area contributed by atoms with Gasteiger partial charge in [-0.1, -0.05) is 29.8 Å². The lowest BCUT2D eigenvalue weighted by Crippen LogP contribution is -2.49. The smallest absolute Gasteiger partial charge is 0.223 e. The van der Waals surface area contributed by atoms with Gasteiger partial charge in [0.05, 0.1) is 5.39 Å². The van der Waals surface area contributed by atoms with Crippen molar-refractivity contribution >= 4 is 22.8 Å². The Bertz CT molecular complexity index is 1210. The summed E-state index contributed by atoms with van der Waals surface area (Å²) in [5.74, 6) is 1.13. The molecule has 4 heterocycles. The minimum atomic E-state index is 0.221. The highest BCUT2D eigenvalue weighted by Gasteiger charge is 2.23. The van der Waals surface area contributed by atoms with Crippen molar-refractivity contribution in [3.05, 3.63) is 72.3 Å². The van der Waals surface area contributed by atoms with Crippen LogP contribution in [0.1, 0.15) is 17.5 Å². The summed E-state index contributed by atoms with van der Waals surface area (Å²) in [5, 5.41) is 0.991. The summed E-state index contributed by atoms with van der Waals surface area (Å²) >= 11 is 0. The summed E-state index contributed by atoms with van der Waals surface area (Å²) < 4.78 is 0. The fourth-order valence-corrected chi connectivity index (χ4v) is 4.19. The zero-order valence-electron chi connectivity index (χ0n) is 18.2. The third-order valence-electron chi connectivity index (χ3n) is 6.06. The quantitative estimate of drug-likeness (QED) is 0.528. The second-order valence-electron chi connectivity index (χ2n) is 8.24. The van der Waals surface area contributed by atoms with Gasteiger partial charge in [-0.3, -0.25) is 9.78 Å². The van der Waals surface area contributed by atoms with Crippen molar-refractivity contribution < 1.29 is 4.79 Å². The van der Waals surface area contributed by atoms with Gasteiger partial charge in [0.2, 0.25) is 5.91 Å². The number of nitrogens with one attached hydrogen (secondary N) is 1. The summed E-state index contributed by atoms with van der Waals surface area (Å²) in [6.07, 6.45) is 6.53. The number of carbonyl (C=O) groups is 1. The lowest BCUT2D eigenvalue weighted by Gasteiger charge is -2.35. The Hall–Kier alpha value is -3.74. The normalized spacial score (nSPS) is 14.2. The summed E-state index contributed by atoms with van der Waals surface area (Å²) in [4.78, 5) is 33.5. The monoisotopic (exact) mass is 426 g/mol. The molecule has 1 amide bonds. The Kier molecular flexibility index (Phi) is 5.54. The number of pyridine rings is 1. The van der Waals surface area contributed by atoms with Gasteiger partial charge in [-0.05, 0) is 37.1 Å². The van der Waals surface area contributed by atoms with Crippen LogP contribution in [0.15, 0.2) is 61.2 Å². The fraction of sp³-hybridized carbons (Fsp3) is 0.280. The maximum Gasteiger partial charge on any atom is 0.223 e. The van der Waals surface area contributed by atoms with Crippen molar-refractivity contribution in [2.75, 3.05) is 31.1 Å². The van der Waals surface area contributed by atoms with E-state index in [1.165, 1.54) is 11.1 Å². The van der Waals surface area contributed by atoms with Crippen molar-refractivity contribution in [2.45, 2.75) is 19.8 Å². The molecule has 7 nitrogen and oxygen atoms in total. The van der Waals surface area contributed by atoms with E-state index in [1.54, 1.807) is 12.5 Å². The fourth-order valence-electron chi connectivity index (χ4n) is 4.19. The van der Waals surface area contributed by atoms with Gasteiger partial charge in [0.1, 0.15) is 17.8 Å². The number of H-pyrrole nitrogens is 1. The van der Waals surface area contributed by atoms with Gasteiger partial charge in [-0.2, -0.15) is 0 Å². The molecular weight excluding hydrogens is 400 g/mol. The molecule has 3 aromatic heterocycles. The van der Waals surface area contributed by atoms with Gasteiger partial charge in [0, 0.05) is 56.3 Å². The van der Waals surface area contributed by atoms with Crippen LogP contribution in [0, 0.1) is 6.92 Å². The van der Waals surface area contributed by atoms with Crippen LogP contribution in [0.5, 0.6) is 0 Å². The number of aromatic amines is 1. The van der Waals surface area contributed by atoms with Crippen molar-refractivity contribution in [2.24, 2.45) is 0 Å². The molecule has 0 radical (unpaired) electrons. The van der Waals surface area contributed by atoms with Crippen molar-refractivity contribution in [1.29, 1.82) is 0 Å². The van der Waals surface area contributed by atoms with E-state index in [2.05, 4.69) is 62.1 Å². The summed E-state index contributed by atoms with van der Waals surface area (Å²) in [7, 11) is 0. The Balaban J connectivity index is 1.24. The summed E-state index contributed by atoms with van der Waals surface area (Å²) in [5.41, 5.74) is 5.25. The number of nitrogens with zero attached hydrogens (tertiary/aromatic N) is 5. The molecule has 1 fully saturated rings. The molecule has 7 heteroatoms. The topological polar surface area (TPSA) is 78.0 Å². The Morgan fingerprint density at radius 3 is 2.62 bits per heavy atom. The summed E-state index contributed by atoms with van der Waals surface area (Å²) in [6.45, 7) is 5.01. The maximum absolute atomic E-state index is 12.7. The molecule has 1 aromatic carbocycles. The number of hydrogen-bond acceptors (Lipinski definition) is 5. The minimum Gasteiger partial charge on any atom is -0.352 e. The second kappa shape index (κ2) is 8.78. The molecular formula is C25H26N6O. The number of hydrogen-bond donors (Lipinski definition) is 1. The molecule has 5 rings (SSSR count). The molecule has 0 unspecified atom stereocenters. The average Bonchev–Trinajstić information content (AvgIpc) is 3.29. The predicted octanol–water partition coefficient (Wildman–Crippen LogP) is 3.61. The van der Waals surface area contributed by atoms with Gasteiger partial charge in [0.25, 0.3) is 0 Å². The van der Waals surface area contributed by atoms with Crippen LogP contribution in [0.25, 0.3) is 22.3 Å². The van der Waals surface area contributed by atoms with Crippen LogP contribution < -0.4 is 4.90 Å². The van der Waals surface area contributed by atoms with E-state index in [9.17, 15) is 4.79 Å². The predicted molar refractivity (Wildman–Crippen MR) is 125 cm³/mol. The van der Waals surface area contributed by atoms with Crippen molar-refractivity contribution in [1.82, 2.24) is 24.8 Å². The molecule has 162 valence electrons. The van der Waals surface area contributed by atoms with E-state index >= 15 is 0 Å². The van der Waals surface area contributed by atoms with Gasteiger partial charge >= 0.3 is 0 Å². The van der Waals surface area contributed by atoms with Crippen LogP contribution in [-0.2, 0) is 11.2 Å². The first-order valence-electron chi connectivity index (χ1n) is 11.0. The maximum atomic E-state index is 12.7. The average molecular weight is 427 g/mol. The number of fused-ring (bicyclic) bond motifs is 1. The summed E-state index contributed by atoms with van der Waals surface area (Å²) in [6, 6.07) is 14.4. The third kappa shape index (κ3) is 4.19. The first-order valence-corrected chi connectivity index (χ1v) is 11.0. The highest BCUT2D eigenvalue weighted by atomic mass is 16.2.